The van der Waals surface area contributed by atoms with E-state index in [0.29, 0.717) is 18.0 Å². The highest BCUT2D eigenvalue weighted by molar-refractivity contribution is 6.02. The van der Waals surface area contributed by atoms with Gasteiger partial charge in [-0.25, -0.2) is 4.68 Å². The Morgan fingerprint density at radius 1 is 1.08 bits per heavy atom. The van der Waals surface area contributed by atoms with E-state index in [-0.39, 0.29) is 17.2 Å². The van der Waals surface area contributed by atoms with Crippen LogP contribution in [0.3, 0.4) is 0 Å². The van der Waals surface area contributed by atoms with E-state index in [2.05, 4.69) is 10.4 Å². The number of amides is 1. The molecule has 0 bridgehead atoms. The van der Waals surface area contributed by atoms with Crippen molar-refractivity contribution in [1.29, 1.82) is 0 Å². The standard InChI is InChI=1S/C20H19N3O3/c1-14-5-3-4-6-15(14)13-23-19(24)12-11-18(22-23)20(25)21-16-7-9-17(26-2)10-8-16/h3-12H,13H2,1-2H3,(H,21,25). The molecule has 1 aromatic heterocycles. The lowest BCUT2D eigenvalue weighted by Gasteiger charge is -2.10. The van der Waals surface area contributed by atoms with Crippen molar-refractivity contribution >= 4 is 11.6 Å². The van der Waals surface area contributed by atoms with Crippen LogP contribution in [0.1, 0.15) is 21.6 Å². The van der Waals surface area contributed by atoms with E-state index in [0.717, 1.165) is 11.1 Å². The van der Waals surface area contributed by atoms with Crippen molar-refractivity contribution < 1.29 is 9.53 Å². The van der Waals surface area contributed by atoms with E-state index in [1.807, 2.05) is 31.2 Å². The molecule has 6 nitrogen and oxygen atoms in total. The Balaban J connectivity index is 1.80. The minimum atomic E-state index is -0.381. The van der Waals surface area contributed by atoms with E-state index >= 15 is 0 Å². The van der Waals surface area contributed by atoms with Crippen LogP contribution in [0.4, 0.5) is 5.69 Å². The van der Waals surface area contributed by atoms with Crippen molar-refractivity contribution in [3.05, 3.63) is 87.8 Å². The first-order chi connectivity index (χ1) is 12.6. The Morgan fingerprint density at radius 2 is 1.81 bits per heavy atom. The van der Waals surface area contributed by atoms with Gasteiger partial charge in [0, 0.05) is 11.8 Å². The van der Waals surface area contributed by atoms with Crippen molar-refractivity contribution in [2.45, 2.75) is 13.5 Å². The van der Waals surface area contributed by atoms with Crippen LogP contribution in [-0.4, -0.2) is 22.8 Å². The molecule has 0 unspecified atom stereocenters. The maximum Gasteiger partial charge on any atom is 0.276 e. The largest absolute Gasteiger partial charge is 0.497 e. The van der Waals surface area contributed by atoms with Gasteiger partial charge in [0.25, 0.3) is 11.5 Å². The van der Waals surface area contributed by atoms with Crippen molar-refractivity contribution in [3.8, 4) is 5.75 Å². The van der Waals surface area contributed by atoms with Gasteiger partial charge >= 0.3 is 0 Å². The van der Waals surface area contributed by atoms with Crippen molar-refractivity contribution in [3.63, 3.8) is 0 Å². The second kappa shape index (κ2) is 7.65. The number of ether oxygens (including phenoxy) is 1. The van der Waals surface area contributed by atoms with Gasteiger partial charge in [0.05, 0.1) is 13.7 Å². The van der Waals surface area contributed by atoms with Gasteiger partial charge < -0.3 is 10.1 Å². The van der Waals surface area contributed by atoms with E-state index in [1.54, 1.807) is 31.4 Å². The number of hydrogen-bond acceptors (Lipinski definition) is 4. The third-order valence-electron chi connectivity index (χ3n) is 4.03. The number of benzene rings is 2. The molecule has 1 amide bonds. The van der Waals surface area contributed by atoms with Crippen LogP contribution in [0.15, 0.2) is 65.5 Å². The number of aryl methyl sites for hydroxylation is 1. The summed E-state index contributed by atoms with van der Waals surface area (Å²) in [5.41, 5.74) is 2.58. The van der Waals surface area contributed by atoms with Gasteiger partial charge in [-0.2, -0.15) is 5.10 Å². The molecule has 0 fully saturated rings. The van der Waals surface area contributed by atoms with E-state index in [4.69, 9.17) is 4.74 Å². The van der Waals surface area contributed by atoms with Gasteiger partial charge in [-0.15, -0.1) is 0 Å². The van der Waals surface area contributed by atoms with Crippen LogP contribution in [0.2, 0.25) is 0 Å². The zero-order chi connectivity index (χ0) is 18.5. The number of carbonyl (C=O) groups excluding carboxylic acids is 1. The lowest BCUT2D eigenvalue weighted by atomic mass is 10.1. The smallest absolute Gasteiger partial charge is 0.276 e. The van der Waals surface area contributed by atoms with E-state index < -0.39 is 0 Å². The van der Waals surface area contributed by atoms with Crippen molar-refractivity contribution in [1.82, 2.24) is 9.78 Å². The molecular formula is C20H19N3O3. The average Bonchev–Trinajstić information content (AvgIpc) is 2.66. The van der Waals surface area contributed by atoms with Gasteiger partial charge in [-0.05, 0) is 48.4 Å². The molecule has 0 saturated carbocycles. The van der Waals surface area contributed by atoms with Crippen LogP contribution in [0.25, 0.3) is 0 Å². The highest BCUT2D eigenvalue weighted by Gasteiger charge is 2.11. The maximum absolute atomic E-state index is 12.4. The fraction of sp³-hybridized carbons (Fsp3) is 0.150. The Kier molecular flexibility index (Phi) is 5.12. The zero-order valence-electron chi connectivity index (χ0n) is 14.6. The summed E-state index contributed by atoms with van der Waals surface area (Å²) in [7, 11) is 1.58. The molecule has 0 atom stereocenters. The second-order valence-electron chi connectivity index (χ2n) is 5.82. The molecular weight excluding hydrogens is 330 g/mol. The molecule has 1 heterocycles. The lowest BCUT2D eigenvalue weighted by molar-refractivity contribution is 0.102. The molecule has 0 spiro atoms. The highest BCUT2D eigenvalue weighted by Crippen LogP contribution is 2.15. The molecule has 3 aromatic rings. The zero-order valence-corrected chi connectivity index (χ0v) is 14.6. The van der Waals surface area contributed by atoms with E-state index in [1.165, 1.54) is 16.8 Å². The topological polar surface area (TPSA) is 73.2 Å². The van der Waals surface area contributed by atoms with Gasteiger partial charge in [0.15, 0.2) is 0 Å². The van der Waals surface area contributed by atoms with Gasteiger partial charge in [0.1, 0.15) is 11.4 Å². The number of nitrogens with zero attached hydrogens (tertiary/aromatic N) is 2. The van der Waals surface area contributed by atoms with Gasteiger partial charge in [-0.3, -0.25) is 9.59 Å². The SMILES string of the molecule is COc1ccc(NC(=O)c2ccc(=O)n(Cc3ccccc3C)n2)cc1. The fourth-order valence-electron chi connectivity index (χ4n) is 2.50. The Bertz CT molecular complexity index is 978. The predicted octanol–water partition coefficient (Wildman–Crippen LogP) is 2.86. The summed E-state index contributed by atoms with van der Waals surface area (Å²) in [6.07, 6.45) is 0. The predicted molar refractivity (Wildman–Crippen MR) is 99.7 cm³/mol. The van der Waals surface area contributed by atoms with Gasteiger partial charge in [0.2, 0.25) is 0 Å². The molecule has 132 valence electrons. The minimum absolute atomic E-state index is 0.175. The summed E-state index contributed by atoms with van der Waals surface area (Å²) in [5.74, 6) is 0.321. The molecule has 1 N–H and O–H groups in total. The van der Waals surface area contributed by atoms with Crippen LogP contribution in [0.5, 0.6) is 5.75 Å². The molecule has 3 rings (SSSR count). The summed E-state index contributed by atoms with van der Waals surface area (Å²) >= 11 is 0. The maximum atomic E-state index is 12.4. The number of rotatable bonds is 5. The van der Waals surface area contributed by atoms with Crippen LogP contribution >= 0.6 is 0 Å². The molecule has 26 heavy (non-hydrogen) atoms. The van der Waals surface area contributed by atoms with Crippen LogP contribution in [-0.2, 0) is 6.54 Å². The summed E-state index contributed by atoms with van der Waals surface area (Å²) in [5, 5.41) is 6.97. The average molecular weight is 349 g/mol. The van der Waals surface area contributed by atoms with Crippen molar-refractivity contribution in [2.75, 3.05) is 12.4 Å². The Labute approximate surface area is 151 Å². The fourth-order valence-corrected chi connectivity index (χ4v) is 2.50. The van der Waals surface area contributed by atoms with Crippen LogP contribution < -0.4 is 15.6 Å². The summed E-state index contributed by atoms with van der Waals surface area (Å²) in [6, 6.07) is 17.5. The Morgan fingerprint density at radius 3 is 2.50 bits per heavy atom. The summed E-state index contributed by atoms with van der Waals surface area (Å²) in [4.78, 5) is 24.5. The lowest BCUT2D eigenvalue weighted by Crippen LogP contribution is -2.26. The quantitative estimate of drug-likeness (QED) is 0.769. The Hall–Kier alpha value is -3.41. The number of nitrogens with one attached hydrogen (secondary N) is 1. The molecule has 6 heteroatoms. The molecule has 0 aliphatic rings. The molecule has 0 saturated heterocycles. The number of hydrogen-bond donors (Lipinski definition) is 1. The minimum Gasteiger partial charge on any atom is -0.497 e. The second-order valence-corrected chi connectivity index (χ2v) is 5.82. The summed E-state index contributed by atoms with van der Waals surface area (Å²) < 4.78 is 6.39. The van der Waals surface area contributed by atoms with Crippen LogP contribution in [0, 0.1) is 6.92 Å². The first-order valence-corrected chi connectivity index (χ1v) is 8.15. The third kappa shape index (κ3) is 3.97. The number of carbonyl (C=O) groups is 1. The molecule has 0 aliphatic carbocycles. The summed E-state index contributed by atoms with van der Waals surface area (Å²) in [6.45, 7) is 2.29. The monoisotopic (exact) mass is 349 g/mol. The van der Waals surface area contributed by atoms with Crippen molar-refractivity contribution in [2.24, 2.45) is 0 Å². The number of aromatic nitrogens is 2. The molecule has 0 radical (unpaired) electrons. The van der Waals surface area contributed by atoms with E-state index in [9.17, 15) is 9.59 Å². The first kappa shape index (κ1) is 17.4. The third-order valence-corrected chi connectivity index (χ3v) is 4.03. The highest BCUT2D eigenvalue weighted by atomic mass is 16.5. The molecule has 0 aliphatic heterocycles. The normalized spacial score (nSPS) is 10.4. The molecule has 2 aromatic carbocycles. The first-order valence-electron chi connectivity index (χ1n) is 8.15. The van der Waals surface area contributed by atoms with Gasteiger partial charge in [-0.1, -0.05) is 24.3 Å². The number of anilines is 1. The number of methoxy groups -OCH3 is 1.